The molecule has 0 amide bonds. The maximum Gasteiger partial charge on any atom is 0.350 e. The fourth-order valence-corrected chi connectivity index (χ4v) is 7.02. The Labute approximate surface area is 321 Å². The smallest absolute Gasteiger partial charge is 0.350 e. The second-order valence-corrected chi connectivity index (χ2v) is 14.6. The van der Waals surface area contributed by atoms with Crippen LogP contribution in [0.4, 0.5) is 4.39 Å². The average Bonchev–Trinajstić information content (AvgIpc) is 3.48. The van der Waals surface area contributed by atoms with Crippen LogP contribution in [0.15, 0.2) is 122 Å². The van der Waals surface area contributed by atoms with Crippen molar-refractivity contribution in [1.29, 1.82) is 0 Å². The van der Waals surface area contributed by atoms with Crippen LogP contribution in [-0.2, 0) is 24.5 Å². The third-order valence-electron chi connectivity index (χ3n) is 9.43. The number of aromatic nitrogens is 5. The number of nitrogens with zero attached hydrogens (tertiary/aromatic N) is 5. The molecule has 0 fully saturated rings. The van der Waals surface area contributed by atoms with Gasteiger partial charge in [-0.25, -0.2) is 9.18 Å². The Bertz CT molecular complexity index is 2640. The first-order valence-corrected chi connectivity index (χ1v) is 18.8. The number of hydrogen-bond donors (Lipinski definition) is 0. The fourth-order valence-electron chi connectivity index (χ4n) is 6.58. The van der Waals surface area contributed by atoms with Crippen LogP contribution >= 0.6 is 15.9 Å². The van der Waals surface area contributed by atoms with Crippen molar-refractivity contribution < 1.29 is 9.13 Å². The van der Waals surface area contributed by atoms with Gasteiger partial charge in [0, 0.05) is 18.3 Å². The minimum atomic E-state index is -0.725. The lowest BCUT2D eigenvalue weighted by molar-refractivity contribution is 0.0989. The SMILES string of the molecule is CCn1c(COCc2ccccc2)nn(-c2cc3c(C(C)C)cc(Br)c(=O)n3cc2F)c1=O.Cc1ccccc1-c1cc(C(C)C)c2ccccn2c1=O. The number of pyridine rings is 4. The average molecular weight is 793 g/mol. The van der Waals surface area contributed by atoms with Crippen molar-refractivity contribution in [2.45, 2.75) is 73.1 Å². The summed E-state index contributed by atoms with van der Waals surface area (Å²) >= 11 is 3.26. The van der Waals surface area contributed by atoms with Crippen molar-refractivity contribution in [3.63, 3.8) is 0 Å². The fraction of sp³-hybridized carbons (Fsp3) is 0.256. The zero-order valence-corrected chi connectivity index (χ0v) is 32.8. The highest BCUT2D eigenvalue weighted by Gasteiger charge is 2.20. The van der Waals surface area contributed by atoms with E-state index < -0.39 is 11.5 Å². The summed E-state index contributed by atoms with van der Waals surface area (Å²) in [5.41, 5.74) is 6.68. The molecule has 0 unspecified atom stereocenters. The molecule has 0 N–H and O–H groups in total. The quantitative estimate of drug-likeness (QED) is 0.146. The minimum Gasteiger partial charge on any atom is -0.369 e. The lowest BCUT2D eigenvalue weighted by Gasteiger charge is -2.14. The molecule has 9 nitrogen and oxygen atoms in total. The van der Waals surface area contributed by atoms with Gasteiger partial charge in [-0.2, -0.15) is 4.68 Å². The minimum absolute atomic E-state index is 0.0138. The molecule has 5 heterocycles. The molecular weight excluding hydrogens is 749 g/mol. The molecule has 278 valence electrons. The van der Waals surface area contributed by atoms with E-state index in [1.165, 1.54) is 20.6 Å². The van der Waals surface area contributed by atoms with Crippen LogP contribution in [0.5, 0.6) is 0 Å². The molecule has 5 aromatic heterocycles. The number of hydrogen-bond acceptors (Lipinski definition) is 5. The van der Waals surface area contributed by atoms with Gasteiger partial charge >= 0.3 is 5.69 Å². The topological polar surface area (TPSA) is 92.0 Å². The van der Waals surface area contributed by atoms with Crippen molar-refractivity contribution in [3.05, 3.63) is 173 Å². The molecule has 54 heavy (non-hydrogen) atoms. The van der Waals surface area contributed by atoms with Crippen molar-refractivity contribution >= 4 is 27.0 Å². The van der Waals surface area contributed by atoms with Gasteiger partial charge in [-0.1, -0.05) is 88.4 Å². The molecule has 0 radical (unpaired) electrons. The first-order valence-electron chi connectivity index (χ1n) is 18.0. The van der Waals surface area contributed by atoms with E-state index >= 15 is 4.39 Å². The Morgan fingerprint density at radius 3 is 2.11 bits per heavy atom. The maximum atomic E-state index is 15.1. The van der Waals surface area contributed by atoms with Crippen molar-refractivity contribution in [3.8, 4) is 16.8 Å². The number of ether oxygens (including phenoxy) is 1. The number of benzene rings is 2. The third-order valence-corrected chi connectivity index (χ3v) is 10.00. The molecule has 0 aliphatic carbocycles. The number of aryl methyl sites for hydroxylation is 1. The first kappa shape index (κ1) is 38.3. The second kappa shape index (κ2) is 16.3. The third kappa shape index (κ3) is 7.65. The van der Waals surface area contributed by atoms with Crippen LogP contribution in [-0.4, -0.2) is 23.1 Å². The molecule has 11 heteroatoms. The number of rotatable bonds is 9. The molecule has 0 saturated carbocycles. The molecule has 0 atom stereocenters. The highest BCUT2D eigenvalue weighted by atomic mass is 79.9. The van der Waals surface area contributed by atoms with E-state index in [2.05, 4.69) is 40.9 Å². The zero-order valence-electron chi connectivity index (χ0n) is 31.2. The summed E-state index contributed by atoms with van der Waals surface area (Å²) in [6.45, 7) is 13.0. The van der Waals surface area contributed by atoms with Crippen LogP contribution in [0, 0.1) is 12.7 Å². The van der Waals surface area contributed by atoms with E-state index in [4.69, 9.17) is 4.74 Å². The summed E-state index contributed by atoms with van der Waals surface area (Å²) in [4.78, 5) is 38.4. The highest BCUT2D eigenvalue weighted by molar-refractivity contribution is 9.10. The van der Waals surface area contributed by atoms with E-state index in [9.17, 15) is 14.4 Å². The zero-order chi connectivity index (χ0) is 38.7. The summed E-state index contributed by atoms with van der Waals surface area (Å²) in [6, 6.07) is 28.9. The standard InChI is InChI=1S/C24H24BrFN4O3.C19H19NO/c1-4-28-22(14-33-13-16-8-6-5-7-9-16)27-30(24(28)32)21-11-20-17(15(2)3)10-18(25)23(31)29(20)12-19(21)26;1-13(2)16-12-17(15-9-5-4-8-14(15)3)19(21)20-11-7-6-10-18(16)20/h5-12,15H,4,13-14H2,1-3H3;4-13H,1-3H3. The van der Waals surface area contributed by atoms with E-state index in [-0.39, 0.29) is 29.3 Å². The normalized spacial score (nSPS) is 11.4. The van der Waals surface area contributed by atoms with Gasteiger partial charge in [0.2, 0.25) is 0 Å². The highest BCUT2D eigenvalue weighted by Crippen LogP contribution is 2.27. The van der Waals surface area contributed by atoms with E-state index in [0.717, 1.165) is 44.2 Å². The van der Waals surface area contributed by atoms with Crippen molar-refractivity contribution in [1.82, 2.24) is 23.1 Å². The second-order valence-electron chi connectivity index (χ2n) is 13.7. The van der Waals surface area contributed by atoms with Gasteiger partial charge in [0.1, 0.15) is 12.3 Å². The Morgan fingerprint density at radius 1 is 0.759 bits per heavy atom. The molecule has 0 saturated heterocycles. The van der Waals surface area contributed by atoms with Gasteiger partial charge in [-0.3, -0.25) is 23.0 Å². The molecule has 2 aromatic carbocycles. The molecule has 0 bridgehead atoms. The van der Waals surface area contributed by atoms with Gasteiger partial charge in [0.05, 0.1) is 28.3 Å². The summed E-state index contributed by atoms with van der Waals surface area (Å²) < 4.78 is 26.7. The maximum absolute atomic E-state index is 15.1. The summed E-state index contributed by atoms with van der Waals surface area (Å²) in [7, 11) is 0. The van der Waals surface area contributed by atoms with Gasteiger partial charge in [0.25, 0.3) is 11.1 Å². The monoisotopic (exact) mass is 791 g/mol. The molecular formula is C43H43BrFN5O4. The Morgan fingerprint density at radius 2 is 1.43 bits per heavy atom. The Hall–Kier alpha value is -5.39. The Balaban J connectivity index is 0.000000203. The molecule has 7 rings (SSSR count). The van der Waals surface area contributed by atoms with Gasteiger partial charge in [-0.05, 0) is 99.8 Å². The van der Waals surface area contributed by atoms with Crippen molar-refractivity contribution in [2.24, 2.45) is 0 Å². The van der Waals surface area contributed by atoms with Crippen LogP contribution in [0.1, 0.15) is 74.5 Å². The van der Waals surface area contributed by atoms with Crippen LogP contribution in [0.25, 0.3) is 27.8 Å². The largest absolute Gasteiger partial charge is 0.369 e. The lowest BCUT2D eigenvalue weighted by Crippen LogP contribution is -2.25. The number of halogens is 2. The van der Waals surface area contributed by atoms with Gasteiger partial charge in [-0.15, -0.1) is 5.10 Å². The van der Waals surface area contributed by atoms with E-state index in [0.29, 0.717) is 34.9 Å². The van der Waals surface area contributed by atoms with Gasteiger partial charge < -0.3 is 4.74 Å². The number of fused-ring (bicyclic) bond motifs is 2. The molecule has 0 aliphatic heterocycles. The summed E-state index contributed by atoms with van der Waals surface area (Å²) in [6.07, 6.45) is 2.96. The predicted molar refractivity (Wildman–Crippen MR) is 215 cm³/mol. The van der Waals surface area contributed by atoms with Crippen molar-refractivity contribution in [2.75, 3.05) is 0 Å². The van der Waals surface area contributed by atoms with E-state index in [1.54, 1.807) is 10.5 Å². The molecule has 0 spiro atoms. The summed E-state index contributed by atoms with van der Waals surface area (Å²) in [5.74, 6) is 0.111. The first-order chi connectivity index (χ1) is 25.9. The van der Waals surface area contributed by atoms with E-state index in [1.807, 2.05) is 107 Å². The Kier molecular flexibility index (Phi) is 11.6. The molecule has 7 aromatic rings. The lowest BCUT2D eigenvalue weighted by atomic mass is 9.95. The van der Waals surface area contributed by atoms with Crippen LogP contribution in [0.2, 0.25) is 0 Å². The van der Waals surface area contributed by atoms with Crippen LogP contribution in [0.3, 0.4) is 0 Å². The van der Waals surface area contributed by atoms with Crippen LogP contribution < -0.4 is 16.8 Å². The molecule has 0 aliphatic rings. The van der Waals surface area contributed by atoms with Gasteiger partial charge in [0.15, 0.2) is 11.6 Å². The predicted octanol–water partition coefficient (Wildman–Crippen LogP) is 8.81. The summed E-state index contributed by atoms with van der Waals surface area (Å²) in [5, 5.41) is 4.37.